The molecular formula is C14H19N5O. The zero-order chi connectivity index (χ0) is 14.4. The molecule has 2 N–H and O–H groups in total. The molecule has 0 aliphatic heterocycles. The highest BCUT2D eigenvalue weighted by atomic mass is 16.5. The van der Waals surface area contributed by atoms with Crippen molar-refractivity contribution >= 4 is 11.9 Å². The van der Waals surface area contributed by atoms with Gasteiger partial charge in [0.15, 0.2) is 0 Å². The minimum atomic E-state index is 0.294. The number of aryl methyl sites for hydroxylation is 1. The van der Waals surface area contributed by atoms with Gasteiger partial charge in [-0.25, -0.2) is 0 Å². The van der Waals surface area contributed by atoms with Gasteiger partial charge >= 0.3 is 6.01 Å². The Bertz CT molecular complexity index is 551. The van der Waals surface area contributed by atoms with E-state index in [0.717, 1.165) is 13.0 Å². The van der Waals surface area contributed by atoms with Gasteiger partial charge in [0, 0.05) is 13.6 Å². The first kappa shape index (κ1) is 14.0. The molecule has 2 rings (SSSR count). The van der Waals surface area contributed by atoms with Gasteiger partial charge in [-0.05, 0) is 24.5 Å². The van der Waals surface area contributed by atoms with E-state index < -0.39 is 0 Å². The van der Waals surface area contributed by atoms with Crippen LogP contribution in [0.5, 0.6) is 6.01 Å². The number of benzene rings is 1. The number of aromatic nitrogens is 3. The fourth-order valence-electron chi connectivity index (χ4n) is 1.84. The van der Waals surface area contributed by atoms with Crippen molar-refractivity contribution in [1.29, 1.82) is 0 Å². The second-order valence-corrected chi connectivity index (χ2v) is 4.32. The number of anilines is 2. The van der Waals surface area contributed by atoms with E-state index in [1.54, 1.807) is 7.05 Å². The Labute approximate surface area is 118 Å². The third kappa shape index (κ3) is 3.57. The molecule has 1 aromatic carbocycles. The van der Waals surface area contributed by atoms with Gasteiger partial charge in [0.25, 0.3) is 0 Å². The summed E-state index contributed by atoms with van der Waals surface area (Å²) in [6.45, 7) is 2.86. The normalized spacial score (nSPS) is 10.2. The van der Waals surface area contributed by atoms with Gasteiger partial charge in [-0.1, -0.05) is 24.3 Å². The second-order valence-electron chi connectivity index (χ2n) is 4.32. The van der Waals surface area contributed by atoms with Crippen LogP contribution in [-0.4, -0.2) is 35.7 Å². The fraction of sp³-hybridized carbons (Fsp3) is 0.357. The van der Waals surface area contributed by atoms with E-state index in [2.05, 4.69) is 44.6 Å². The molecule has 0 aliphatic carbocycles. The summed E-state index contributed by atoms with van der Waals surface area (Å²) in [6, 6.07) is 8.63. The Morgan fingerprint density at radius 3 is 2.55 bits per heavy atom. The fourth-order valence-corrected chi connectivity index (χ4v) is 1.84. The van der Waals surface area contributed by atoms with Crippen LogP contribution in [0.4, 0.5) is 11.9 Å². The van der Waals surface area contributed by atoms with E-state index in [0.29, 0.717) is 17.9 Å². The molecule has 0 amide bonds. The van der Waals surface area contributed by atoms with Crippen LogP contribution in [0.25, 0.3) is 0 Å². The number of nitrogens with one attached hydrogen (secondary N) is 2. The van der Waals surface area contributed by atoms with E-state index in [-0.39, 0.29) is 0 Å². The van der Waals surface area contributed by atoms with Gasteiger partial charge in [-0.2, -0.15) is 15.0 Å². The lowest BCUT2D eigenvalue weighted by Gasteiger charge is -2.09. The summed E-state index contributed by atoms with van der Waals surface area (Å²) in [4.78, 5) is 12.4. The van der Waals surface area contributed by atoms with E-state index in [9.17, 15) is 0 Å². The smallest absolute Gasteiger partial charge is 0.322 e. The zero-order valence-electron chi connectivity index (χ0n) is 12.0. The third-order valence-electron chi connectivity index (χ3n) is 2.96. The molecule has 2 aromatic rings. The monoisotopic (exact) mass is 273 g/mol. The summed E-state index contributed by atoms with van der Waals surface area (Å²) in [6.07, 6.45) is 0.912. The standard InChI is InChI=1S/C14H19N5O/c1-10-6-4-5-7-11(10)8-9-16-13-17-12(15-2)18-14(19-13)20-3/h4-7H,8-9H2,1-3H3,(H2,15,16,17,18,19). The number of hydrogen-bond donors (Lipinski definition) is 2. The lowest BCUT2D eigenvalue weighted by atomic mass is 10.1. The van der Waals surface area contributed by atoms with Crippen LogP contribution in [0, 0.1) is 6.92 Å². The molecule has 0 unspecified atom stereocenters. The molecule has 0 saturated carbocycles. The molecule has 0 fully saturated rings. The van der Waals surface area contributed by atoms with Crippen molar-refractivity contribution in [2.45, 2.75) is 13.3 Å². The highest BCUT2D eigenvalue weighted by Crippen LogP contribution is 2.11. The van der Waals surface area contributed by atoms with Crippen LogP contribution in [-0.2, 0) is 6.42 Å². The largest absolute Gasteiger partial charge is 0.467 e. The topological polar surface area (TPSA) is 72.0 Å². The molecule has 0 atom stereocenters. The van der Waals surface area contributed by atoms with Crippen molar-refractivity contribution in [3.8, 4) is 6.01 Å². The van der Waals surface area contributed by atoms with Crippen molar-refractivity contribution < 1.29 is 4.74 Å². The Balaban J connectivity index is 1.99. The summed E-state index contributed by atoms with van der Waals surface area (Å²) in [5.74, 6) is 0.991. The maximum absolute atomic E-state index is 5.04. The van der Waals surface area contributed by atoms with Gasteiger partial charge in [-0.15, -0.1) is 0 Å². The highest BCUT2D eigenvalue weighted by Gasteiger charge is 2.05. The highest BCUT2D eigenvalue weighted by molar-refractivity contribution is 5.36. The lowest BCUT2D eigenvalue weighted by molar-refractivity contribution is 0.379. The zero-order valence-corrected chi connectivity index (χ0v) is 12.0. The molecule has 6 heteroatoms. The average molecular weight is 273 g/mol. The summed E-state index contributed by atoms with van der Waals surface area (Å²) >= 11 is 0. The van der Waals surface area contributed by atoms with Crippen molar-refractivity contribution in [3.05, 3.63) is 35.4 Å². The molecule has 20 heavy (non-hydrogen) atoms. The van der Waals surface area contributed by atoms with Gasteiger partial charge in [0.2, 0.25) is 11.9 Å². The molecule has 1 aromatic heterocycles. The molecule has 0 spiro atoms. The number of methoxy groups -OCH3 is 1. The van der Waals surface area contributed by atoms with Crippen molar-refractivity contribution in [1.82, 2.24) is 15.0 Å². The molecule has 0 aliphatic rings. The number of ether oxygens (including phenoxy) is 1. The first-order valence-electron chi connectivity index (χ1n) is 6.49. The van der Waals surface area contributed by atoms with Crippen LogP contribution in [0.2, 0.25) is 0 Å². The Hall–Kier alpha value is -2.37. The van der Waals surface area contributed by atoms with Gasteiger partial charge < -0.3 is 15.4 Å². The minimum absolute atomic E-state index is 0.294. The van der Waals surface area contributed by atoms with Gasteiger partial charge in [0.05, 0.1) is 7.11 Å². The summed E-state index contributed by atoms with van der Waals surface area (Å²) in [5.41, 5.74) is 2.60. The molecule has 106 valence electrons. The first-order chi connectivity index (χ1) is 9.72. The quantitative estimate of drug-likeness (QED) is 0.837. The number of rotatable bonds is 6. The first-order valence-corrected chi connectivity index (χ1v) is 6.49. The van der Waals surface area contributed by atoms with Gasteiger partial charge in [0.1, 0.15) is 0 Å². The Morgan fingerprint density at radius 1 is 1.10 bits per heavy atom. The average Bonchev–Trinajstić information content (AvgIpc) is 2.48. The summed E-state index contributed by atoms with van der Waals surface area (Å²) < 4.78 is 5.04. The van der Waals surface area contributed by atoms with E-state index in [1.807, 2.05) is 12.1 Å². The van der Waals surface area contributed by atoms with E-state index in [1.165, 1.54) is 18.2 Å². The van der Waals surface area contributed by atoms with E-state index >= 15 is 0 Å². The molecule has 0 saturated heterocycles. The van der Waals surface area contributed by atoms with Crippen LogP contribution < -0.4 is 15.4 Å². The summed E-state index contributed by atoms with van der Waals surface area (Å²) in [5, 5.41) is 6.06. The molecule has 1 heterocycles. The van der Waals surface area contributed by atoms with Crippen LogP contribution in [0.3, 0.4) is 0 Å². The van der Waals surface area contributed by atoms with Crippen molar-refractivity contribution in [2.75, 3.05) is 31.3 Å². The lowest BCUT2D eigenvalue weighted by Crippen LogP contribution is -2.11. The van der Waals surface area contributed by atoms with Crippen LogP contribution in [0.1, 0.15) is 11.1 Å². The number of nitrogens with zero attached hydrogens (tertiary/aromatic N) is 3. The summed E-state index contributed by atoms with van der Waals surface area (Å²) in [7, 11) is 3.29. The minimum Gasteiger partial charge on any atom is -0.467 e. The molecule has 0 bridgehead atoms. The third-order valence-corrected chi connectivity index (χ3v) is 2.96. The maximum atomic E-state index is 5.04. The molecular weight excluding hydrogens is 254 g/mol. The Morgan fingerprint density at radius 2 is 1.85 bits per heavy atom. The molecule has 0 radical (unpaired) electrons. The maximum Gasteiger partial charge on any atom is 0.322 e. The van der Waals surface area contributed by atoms with Crippen LogP contribution in [0.15, 0.2) is 24.3 Å². The molecule has 6 nitrogen and oxygen atoms in total. The number of hydrogen-bond acceptors (Lipinski definition) is 6. The van der Waals surface area contributed by atoms with Crippen molar-refractivity contribution in [3.63, 3.8) is 0 Å². The predicted octanol–water partition coefficient (Wildman–Crippen LogP) is 1.88. The van der Waals surface area contributed by atoms with E-state index in [4.69, 9.17) is 4.74 Å². The Kier molecular flexibility index (Phi) is 4.70. The predicted molar refractivity (Wildman–Crippen MR) is 79.3 cm³/mol. The van der Waals surface area contributed by atoms with Gasteiger partial charge in [-0.3, -0.25) is 0 Å². The SMILES string of the molecule is CNc1nc(NCCc2ccccc2C)nc(OC)n1. The van der Waals surface area contributed by atoms with Crippen LogP contribution >= 0.6 is 0 Å². The van der Waals surface area contributed by atoms with Crippen molar-refractivity contribution in [2.24, 2.45) is 0 Å². The second kappa shape index (κ2) is 6.70.